The summed E-state index contributed by atoms with van der Waals surface area (Å²) >= 11 is 0. The van der Waals surface area contributed by atoms with Gasteiger partial charge in [0.25, 0.3) is 0 Å². The van der Waals surface area contributed by atoms with E-state index in [4.69, 9.17) is 0 Å². The van der Waals surface area contributed by atoms with Crippen LogP contribution in [0, 0.1) is 0 Å². The van der Waals surface area contributed by atoms with Gasteiger partial charge in [-0.15, -0.1) is 0 Å². The van der Waals surface area contributed by atoms with Gasteiger partial charge in [-0.2, -0.15) is 0 Å². The topological polar surface area (TPSA) is 17.8 Å². The molecule has 0 unspecified atom stereocenters. The first-order valence-electron chi connectivity index (χ1n) is 15.1. The van der Waals surface area contributed by atoms with Gasteiger partial charge < -0.3 is 4.57 Å². The Bertz CT molecular complexity index is 1360. The van der Waals surface area contributed by atoms with Crippen molar-refractivity contribution < 1.29 is 0 Å². The second-order valence-electron chi connectivity index (χ2n) is 11.1. The van der Waals surface area contributed by atoms with Gasteiger partial charge in [0.2, 0.25) is 6.71 Å². The average molecular weight is 553 g/mol. The van der Waals surface area contributed by atoms with Crippen LogP contribution in [0.4, 0.5) is 0 Å². The first-order chi connectivity index (χ1) is 20.3. The molecule has 6 rings (SSSR count). The number of hydrogen-bond donors (Lipinski definition) is 0. The van der Waals surface area contributed by atoms with E-state index in [1.165, 1.54) is 40.2 Å². The minimum Gasteiger partial charge on any atom is -0.340 e. The van der Waals surface area contributed by atoms with Crippen molar-refractivity contribution in [1.29, 1.82) is 0 Å². The molecule has 0 saturated heterocycles. The molecule has 1 aliphatic carbocycles. The summed E-state index contributed by atoms with van der Waals surface area (Å²) in [6, 6.07) is 45.2. The molecular weight excluding hydrogens is 511 g/mol. The van der Waals surface area contributed by atoms with Crippen LogP contribution in [0.5, 0.6) is 0 Å². The Morgan fingerprint density at radius 2 is 1.24 bits per heavy atom. The van der Waals surface area contributed by atoms with Crippen molar-refractivity contribution in [2.75, 3.05) is 0 Å². The highest BCUT2D eigenvalue weighted by Crippen LogP contribution is 2.38. The number of imidazole rings is 1. The van der Waals surface area contributed by atoms with E-state index in [0.717, 1.165) is 24.8 Å². The number of aromatic nitrogens is 2. The lowest BCUT2D eigenvalue weighted by Crippen LogP contribution is -2.61. The van der Waals surface area contributed by atoms with Gasteiger partial charge in [0.15, 0.2) is 0 Å². The Morgan fingerprint density at radius 3 is 1.68 bits per heavy atom. The molecule has 5 aromatic rings. The molecule has 0 N–H and O–H groups in total. The third-order valence-corrected chi connectivity index (χ3v) is 13.1. The molecular formula is C37H41BN2Si. The second kappa shape index (κ2) is 14.7. The summed E-state index contributed by atoms with van der Waals surface area (Å²) < 4.78 is 2.26. The van der Waals surface area contributed by atoms with Crippen LogP contribution in [0.1, 0.15) is 32.6 Å². The van der Waals surface area contributed by atoms with Crippen LogP contribution < -0.4 is 21.3 Å². The van der Waals surface area contributed by atoms with Crippen LogP contribution in [-0.2, 0) is 6.17 Å². The van der Waals surface area contributed by atoms with E-state index in [9.17, 15) is 0 Å². The lowest BCUT2D eigenvalue weighted by molar-refractivity contribution is 0.848. The highest BCUT2D eigenvalue weighted by Gasteiger charge is 2.37. The van der Waals surface area contributed by atoms with Gasteiger partial charge in [-0.1, -0.05) is 180 Å². The quantitative estimate of drug-likeness (QED) is 0.135. The van der Waals surface area contributed by atoms with Gasteiger partial charge in [-0.25, -0.2) is 4.98 Å². The Hall–Kier alpha value is -3.89. The number of nitrogens with zero attached hydrogens (tertiary/aromatic N) is 2. The van der Waals surface area contributed by atoms with Crippen molar-refractivity contribution in [3.63, 3.8) is 0 Å². The highest BCUT2D eigenvalue weighted by atomic mass is 28.3. The molecule has 2 nitrogen and oxygen atoms in total. The molecule has 0 bridgehead atoms. The molecule has 0 radical (unpaired) electrons. The molecule has 41 heavy (non-hydrogen) atoms. The van der Waals surface area contributed by atoms with Gasteiger partial charge in [0.05, 0.1) is 6.33 Å². The molecule has 4 heteroatoms. The fraction of sp³-hybridized carbons (Fsp3) is 0.216. The van der Waals surface area contributed by atoms with Crippen molar-refractivity contribution >= 4 is 36.1 Å². The summed E-state index contributed by atoms with van der Waals surface area (Å²) in [4.78, 5) is 4.27. The smallest absolute Gasteiger partial charge is 0.212 e. The zero-order valence-electron chi connectivity index (χ0n) is 24.2. The van der Waals surface area contributed by atoms with Crippen LogP contribution in [0.25, 0.3) is 0 Å². The van der Waals surface area contributed by atoms with E-state index >= 15 is 0 Å². The predicted molar refractivity (Wildman–Crippen MR) is 180 cm³/mol. The maximum Gasteiger partial charge on any atom is 0.212 e. The Kier molecular flexibility index (Phi) is 10.2. The van der Waals surface area contributed by atoms with E-state index in [1.807, 2.05) is 12.5 Å². The van der Waals surface area contributed by atoms with Crippen molar-refractivity contribution in [3.8, 4) is 0 Å². The predicted octanol–water partition coefficient (Wildman–Crippen LogP) is 6.50. The molecule has 1 aromatic heterocycles. The second-order valence-corrected chi connectivity index (χ2v) is 15.2. The summed E-state index contributed by atoms with van der Waals surface area (Å²) in [5.74, 6) is 0.866. The van der Waals surface area contributed by atoms with Gasteiger partial charge in [0.1, 0.15) is 8.07 Å². The number of rotatable bonds is 11. The van der Waals surface area contributed by atoms with Crippen molar-refractivity contribution in [3.05, 3.63) is 152 Å². The molecule has 1 aliphatic rings. The van der Waals surface area contributed by atoms with Crippen LogP contribution in [-0.4, -0.2) is 24.3 Å². The fourth-order valence-electron chi connectivity index (χ4n) is 6.02. The van der Waals surface area contributed by atoms with E-state index in [1.54, 1.807) is 0 Å². The van der Waals surface area contributed by atoms with Crippen LogP contribution in [0.2, 0.25) is 11.9 Å². The summed E-state index contributed by atoms with van der Waals surface area (Å²) in [6.45, 7) is 2.81. The maximum absolute atomic E-state index is 4.27. The van der Waals surface area contributed by atoms with E-state index in [2.05, 4.69) is 156 Å². The largest absolute Gasteiger partial charge is 0.340 e. The van der Waals surface area contributed by atoms with Crippen LogP contribution in [0.15, 0.2) is 152 Å². The minimum absolute atomic E-state index is 0.613. The lowest BCUT2D eigenvalue weighted by Gasteiger charge is -2.33. The minimum atomic E-state index is -1.93. The summed E-state index contributed by atoms with van der Waals surface area (Å²) in [5.41, 5.74) is 2.94. The standard InChI is InChI=1S/C22H26N2Si.C15H15B/c1-2-3-4-11-18-25(20-24-17-16-23-19-24,21-12-7-5-8-13-21)22-14-9-6-10-15-22;1-3-7-13(8-4-1)16(15-11-12-15)14-9-5-2-6-10-14/h3-10,12-17,19H,2,11,18,20H2,1H3;1-10,15H,11-12H2. The van der Waals surface area contributed by atoms with E-state index < -0.39 is 8.07 Å². The molecule has 0 spiro atoms. The van der Waals surface area contributed by atoms with Gasteiger partial charge in [-0.05, 0) is 18.9 Å². The molecule has 4 aromatic carbocycles. The monoisotopic (exact) mass is 552 g/mol. The normalized spacial score (nSPS) is 13.0. The number of benzene rings is 4. The van der Waals surface area contributed by atoms with Crippen molar-refractivity contribution in [2.24, 2.45) is 0 Å². The van der Waals surface area contributed by atoms with Gasteiger partial charge >= 0.3 is 0 Å². The first kappa shape index (κ1) is 28.6. The molecule has 0 amide bonds. The zero-order valence-corrected chi connectivity index (χ0v) is 25.2. The molecule has 0 aliphatic heterocycles. The molecule has 1 saturated carbocycles. The lowest BCUT2D eigenvalue weighted by atomic mass is 9.37. The third kappa shape index (κ3) is 7.65. The Labute approximate surface area is 247 Å². The molecule has 1 heterocycles. The average Bonchev–Trinajstić information content (AvgIpc) is 3.74. The van der Waals surface area contributed by atoms with E-state index in [0.29, 0.717) is 6.71 Å². The Balaban J connectivity index is 0.000000181. The fourth-order valence-corrected chi connectivity index (χ4v) is 10.6. The summed E-state index contributed by atoms with van der Waals surface area (Å²) in [5, 5.41) is 3.00. The van der Waals surface area contributed by atoms with Gasteiger partial charge in [-0.3, -0.25) is 0 Å². The molecule has 1 fully saturated rings. The Morgan fingerprint density at radius 1 is 0.732 bits per heavy atom. The molecule has 206 valence electrons. The van der Waals surface area contributed by atoms with Gasteiger partial charge in [0, 0.05) is 18.6 Å². The van der Waals surface area contributed by atoms with Crippen molar-refractivity contribution in [2.45, 2.75) is 50.6 Å². The number of allylic oxidation sites excluding steroid dienone is 2. The maximum atomic E-state index is 4.27. The van der Waals surface area contributed by atoms with E-state index in [-0.39, 0.29) is 0 Å². The van der Waals surface area contributed by atoms with Crippen LogP contribution >= 0.6 is 0 Å². The zero-order chi connectivity index (χ0) is 28.2. The highest BCUT2D eigenvalue weighted by molar-refractivity contribution is 7.01. The van der Waals surface area contributed by atoms with Crippen molar-refractivity contribution in [1.82, 2.24) is 9.55 Å². The number of hydrogen-bond acceptors (Lipinski definition) is 1. The van der Waals surface area contributed by atoms with Crippen LogP contribution in [0.3, 0.4) is 0 Å². The summed E-state index contributed by atoms with van der Waals surface area (Å²) in [7, 11) is -1.93. The first-order valence-corrected chi connectivity index (χ1v) is 17.5. The third-order valence-electron chi connectivity index (χ3n) is 8.22. The SMILES string of the molecule is CCC=CCC[Si](Cn1ccnc1)(c1ccccc1)c1ccccc1.c1ccc(B(c2ccccc2)C2CC2)cc1. The molecule has 0 atom stereocenters. The summed E-state index contributed by atoms with van der Waals surface area (Å²) in [6.07, 6.45) is 16.6.